The van der Waals surface area contributed by atoms with E-state index in [1.165, 1.54) is 24.0 Å². The van der Waals surface area contributed by atoms with Gasteiger partial charge in [0.15, 0.2) is 6.10 Å². The summed E-state index contributed by atoms with van der Waals surface area (Å²) in [4.78, 5) is 39.0. The van der Waals surface area contributed by atoms with E-state index in [-0.39, 0.29) is 17.3 Å². The van der Waals surface area contributed by atoms with E-state index in [1.54, 1.807) is 56.3 Å². The molecule has 2 aromatic carbocycles. The lowest BCUT2D eigenvalue weighted by molar-refractivity contribution is -0.156. The number of hydrogen-bond donors (Lipinski definition) is 2. The van der Waals surface area contributed by atoms with E-state index < -0.39 is 40.0 Å². The van der Waals surface area contributed by atoms with E-state index >= 15 is 0 Å². The number of nitrogens with zero attached hydrogens (tertiary/aromatic N) is 1. The number of para-hydroxylation sites is 2. The lowest BCUT2D eigenvalue weighted by Gasteiger charge is -2.31. The molecule has 0 spiro atoms. The number of ether oxygens (including phenoxy) is 1. The molecule has 32 heavy (non-hydrogen) atoms. The Hall–Kier alpha value is -3.24. The number of amides is 2. The summed E-state index contributed by atoms with van der Waals surface area (Å²) in [6, 6.07) is 13.2. The second-order valence-corrected chi connectivity index (χ2v) is 9.44. The molecule has 1 heterocycles. The van der Waals surface area contributed by atoms with Crippen molar-refractivity contribution >= 4 is 39.2 Å². The van der Waals surface area contributed by atoms with Crippen molar-refractivity contribution in [3.05, 3.63) is 54.6 Å². The maximum atomic E-state index is 13.0. The monoisotopic (exact) mass is 459 g/mol. The number of esters is 1. The zero-order chi connectivity index (χ0) is 23.5. The van der Waals surface area contributed by atoms with Crippen molar-refractivity contribution in [1.29, 1.82) is 0 Å². The van der Waals surface area contributed by atoms with Crippen molar-refractivity contribution in [3.8, 4) is 0 Å². The third-order valence-electron chi connectivity index (χ3n) is 4.93. The Morgan fingerprint density at radius 3 is 2.31 bits per heavy atom. The van der Waals surface area contributed by atoms with Crippen LogP contribution in [0.15, 0.2) is 59.5 Å². The van der Waals surface area contributed by atoms with E-state index in [9.17, 15) is 22.8 Å². The van der Waals surface area contributed by atoms with Gasteiger partial charge in [-0.1, -0.05) is 44.2 Å². The summed E-state index contributed by atoms with van der Waals surface area (Å²) in [5, 5.41) is 2.68. The lowest BCUT2D eigenvalue weighted by atomic mass is 10.1. The van der Waals surface area contributed by atoms with Crippen molar-refractivity contribution in [2.24, 2.45) is 5.92 Å². The van der Waals surface area contributed by atoms with Crippen LogP contribution in [0, 0.1) is 5.92 Å². The summed E-state index contributed by atoms with van der Waals surface area (Å²) in [5.41, 5.74) is 0.969. The number of sulfonamides is 1. The minimum Gasteiger partial charge on any atom is -0.451 e. The van der Waals surface area contributed by atoms with Crippen LogP contribution < -0.4 is 14.9 Å². The number of carbonyl (C=O) groups is 3. The molecule has 2 amide bonds. The first kappa shape index (κ1) is 23.4. The third-order valence-corrected chi connectivity index (χ3v) is 6.39. The average Bonchev–Trinajstić information content (AvgIpc) is 2.76. The van der Waals surface area contributed by atoms with Crippen LogP contribution in [-0.2, 0) is 29.1 Å². The van der Waals surface area contributed by atoms with Gasteiger partial charge in [0.05, 0.1) is 16.3 Å². The first-order valence-electron chi connectivity index (χ1n) is 10.1. The van der Waals surface area contributed by atoms with E-state index in [0.717, 1.165) is 0 Å². The Morgan fingerprint density at radius 2 is 1.66 bits per heavy atom. The largest absolute Gasteiger partial charge is 0.451 e. The molecule has 9 nitrogen and oxygen atoms in total. The summed E-state index contributed by atoms with van der Waals surface area (Å²) in [6.07, 6.45) is -1.23. The highest BCUT2D eigenvalue weighted by Crippen LogP contribution is 2.29. The Kier molecular flexibility index (Phi) is 6.95. The fourth-order valence-corrected chi connectivity index (χ4v) is 4.59. The predicted molar refractivity (Wildman–Crippen MR) is 118 cm³/mol. The fourth-order valence-electron chi connectivity index (χ4n) is 3.24. The Balaban J connectivity index is 1.74. The van der Waals surface area contributed by atoms with Crippen LogP contribution in [-0.4, -0.2) is 44.9 Å². The van der Waals surface area contributed by atoms with E-state index in [4.69, 9.17) is 4.74 Å². The molecule has 10 heteroatoms. The summed E-state index contributed by atoms with van der Waals surface area (Å²) >= 11 is 0. The first-order valence-corrected chi connectivity index (χ1v) is 11.6. The molecule has 0 saturated carbocycles. The maximum Gasteiger partial charge on any atom is 0.325 e. The smallest absolute Gasteiger partial charge is 0.325 e. The van der Waals surface area contributed by atoms with Crippen molar-refractivity contribution in [3.63, 3.8) is 0 Å². The maximum absolute atomic E-state index is 13.0. The van der Waals surface area contributed by atoms with Gasteiger partial charge in [-0.3, -0.25) is 19.3 Å². The summed E-state index contributed by atoms with van der Waals surface area (Å²) in [5.74, 6) is -2.28. The molecule has 1 aliphatic rings. The number of fused-ring (bicyclic) bond motifs is 1. The number of benzene rings is 2. The number of anilines is 2. The Labute approximate surface area is 186 Å². The van der Waals surface area contributed by atoms with Crippen LogP contribution in [0.4, 0.5) is 11.4 Å². The van der Waals surface area contributed by atoms with Gasteiger partial charge in [0.1, 0.15) is 12.6 Å². The second kappa shape index (κ2) is 9.49. The van der Waals surface area contributed by atoms with Gasteiger partial charge >= 0.3 is 5.97 Å². The molecule has 0 saturated heterocycles. The van der Waals surface area contributed by atoms with Crippen LogP contribution >= 0.6 is 0 Å². The zero-order valence-electron chi connectivity index (χ0n) is 17.9. The highest BCUT2D eigenvalue weighted by molar-refractivity contribution is 7.89. The van der Waals surface area contributed by atoms with Gasteiger partial charge in [-0.05, 0) is 37.1 Å². The molecule has 2 atom stereocenters. The molecule has 0 unspecified atom stereocenters. The molecule has 3 rings (SSSR count). The van der Waals surface area contributed by atoms with Gasteiger partial charge in [0, 0.05) is 0 Å². The minimum absolute atomic E-state index is 0.0125. The standard InChI is InChI=1S/C22H25N3O6S/c1-14(2)20(24-32(29,30)16-9-5-4-6-10-16)22(28)31-15(3)21(27)25-13-19(26)23-17-11-7-8-12-18(17)25/h4-12,14-15,20,24H,13H2,1-3H3,(H,23,26)/t15-,20+/m1/s1. The summed E-state index contributed by atoms with van der Waals surface area (Å²) in [7, 11) is -3.97. The average molecular weight is 460 g/mol. The normalized spacial score (nSPS) is 15.5. The molecular formula is C22H25N3O6S. The van der Waals surface area contributed by atoms with Crippen molar-refractivity contribution in [2.45, 2.75) is 37.8 Å². The first-order chi connectivity index (χ1) is 15.1. The third kappa shape index (κ3) is 5.14. The van der Waals surface area contributed by atoms with E-state index in [0.29, 0.717) is 11.4 Å². The Bertz CT molecular complexity index is 1120. The van der Waals surface area contributed by atoms with Crippen molar-refractivity contribution in [1.82, 2.24) is 4.72 Å². The SMILES string of the molecule is CC(C)[C@H](NS(=O)(=O)c1ccccc1)C(=O)O[C@H](C)C(=O)N1CC(=O)Nc2ccccc21. The van der Waals surface area contributed by atoms with Crippen LogP contribution in [0.25, 0.3) is 0 Å². The summed E-state index contributed by atoms with van der Waals surface area (Å²) in [6.45, 7) is 4.50. The number of hydrogen-bond acceptors (Lipinski definition) is 6. The number of rotatable bonds is 7. The van der Waals surface area contributed by atoms with E-state index in [1.807, 2.05) is 0 Å². The van der Waals surface area contributed by atoms with Gasteiger partial charge in [0.2, 0.25) is 15.9 Å². The quantitative estimate of drug-likeness (QED) is 0.610. The van der Waals surface area contributed by atoms with Crippen molar-refractivity contribution < 1.29 is 27.5 Å². The molecule has 0 radical (unpaired) electrons. The van der Waals surface area contributed by atoms with E-state index in [2.05, 4.69) is 10.0 Å². The van der Waals surface area contributed by atoms with Crippen LogP contribution in [0.1, 0.15) is 20.8 Å². The molecule has 0 fully saturated rings. The lowest BCUT2D eigenvalue weighted by Crippen LogP contribution is -2.50. The van der Waals surface area contributed by atoms with Gasteiger partial charge in [-0.2, -0.15) is 4.72 Å². The summed E-state index contributed by atoms with van der Waals surface area (Å²) < 4.78 is 33.0. The molecule has 1 aliphatic heterocycles. The van der Waals surface area contributed by atoms with Gasteiger partial charge in [-0.25, -0.2) is 8.42 Å². The van der Waals surface area contributed by atoms with Crippen LogP contribution in [0.2, 0.25) is 0 Å². The van der Waals surface area contributed by atoms with Crippen LogP contribution in [0.5, 0.6) is 0 Å². The highest BCUT2D eigenvalue weighted by atomic mass is 32.2. The zero-order valence-corrected chi connectivity index (χ0v) is 18.8. The predicted octanol–water partition coefficient (Wildman–Crippen LogP) is 1.91. The number of nitrogens with one attached hydrogen (secondary N) is 2. The fraction of sp³-hybridized carbons (Fsp3) is 0.318. The molecule has 2 aromatic rings. The topological polar surface area (TPSA) is 122 Å². The van der Waals surface area contributed by atoms with Gasteiger partial charge < -0.3 is 10.1 Å². The molecule has 2 N–H and O–H groups in total. The van der Waals surface area contributed by atoms with Gasteiger partial charge in [0.25, 0.3) is 5.91 Å². The molecule has 0 aromatic heterocycles. The number of carbonyl (C=O) groups excluding carboxylic acids is 3. The minimum atomic E-state index is -3.97. The van der Waals surface area contributed by atoms with Crippen molar-refractivity contribution in [2.75, 3.05) is 16.8 Å². The molecule has 0 aliphatic carbocycles. The van der Waals surface area contributed by atoms with Gasteiger partial charge in [-0.15, -0.1) is 0 Å². The molecular weight excluding hydrogens is 434 g/mol. The molecule has 0 bridgehead atoms. The van der Waals surface area contributed by atoms with Crippen LogP contribution in [0.3, 0.4) is 0 Å². The highest BCUT2D eigenvalue weighted by Gasteiger charge is 2.35. The second-order valence-electron chi connectivity index (χ2n) is 7.72. The molecule has 170 valence electrons. The Morgan fingerprint density at radius 1 is 1.03 bits per heavy atom.